The van der Waals surface area contributed by atoms with Gasteiger partial charge in [0.15, 0.2) is 15.9 Å². The number of unbranched alkanes of at least 4 members (excludes halogenated alkanes) is 2. The van der Waals surface area contributed by atoms with Crippen LogP contribution in [0.25, 0.3) is 0 Å². The molecule has 0 unspecified atom stereocenters. The van der Waals surface area contributed by atoms with E-state index in [4.69, 9.17) is 9.47 Å². The van der Waals surface area contributed by atoms with Crippen LogP contribution in [0.15, 0.2) is 52.3 Å². The number of rotatable bonds is 13. The lowest BCUT2D eigenvalue weighted by Crippen LogP contribution is -2.38. The number of para-hydroxylation sites is 1. The molecule has 0 fully saturated rings. The summed E-state index contributed by atoms with van der Waals surface area (Å²) in [6.45, 7) is 4.67. The molecular weight excluding hydrogens is 510 g/mol. The molecule has 204 valence electrons. The van der Waals surface area contributed by atoms with E-state index in [0.717, 1.165) is 49.1 Å². The second kappa shape index (κ2) is 13.0. The largest absolute Gasteiger partial charge is 0.489 e. The van der Waals surface area contributed by atoms with E-state index in [2.05, 4.69) is 18.7 Å². The fourth-order valence-corrected chi connectivity index (χ4v) is 7.65. The number of carboxylic acids is 1. The Morgan fingerprint density at radius 1 is 1.14 bits per heavy atom. The molecule has 1 N–H and O–H groups in total. The molecule has 1 aliphatic rings. The van der Waals surface area contributed by atoms with Crippen molar-refractivity contribution in [3.63, 3.8) is 0 Å². The summed E-state index contributed by atoms with van der Waals surface area (Å²) in [6, 6.07) is 13.4. The monoisotopic (exact) mass is 549 g/mol. The Hall–Kier alpha value is -2.23. The molecule has 0 bridgehead atoms. The number of hydrogen-bond acceptors (Lipinski definition) is 7. The third kappa shape index (κ3) is 7.00. The predicted octanol–water partition coefficient (Wildman–Crippen LogP) is 6.18. The van der Waals surface area contributed by atoms with Gasteiger partial charge in [-0.2, -0.15) is 0 Å². The highest BCUT2D eigenvalue weighted by molar-refractivity contribution is 7.98. The van der Waals surface area contributed by atoms with Gasteiger partial charge in [-0.1, -0.05) is 57.7 Å². The summed E-state index contributed by atoms with van der Waals surface area (Å²) < 4.78 is 39.0. The average Bonchev–Trinajstić information content (AvgIpc) is 2.98. The Bertz CT molecular complexity index is 1140. The minimum Gasteiger partial charge on any atom is -0.489 e. The Kier molecular flexibility index (Phi) is 10.3. The summed E-state index contributed by atoms with van der Waals surface area (Å²) in [4.78, 5) is 14.5. The lowest BCUT2D eigenvalue weighted by atomic mass is 9.79. The van der Waals surface area contributed by atoms with Crippen molar-refractivity contribution >= 4 is 38.9 Å². The van der Waals surface area contributed by atoms with Gasteiger partial charge in [-0.15, -0.1) is 11.8 Å². The Labute approximate surface area is 225 Å². The number of fused-ring (bicyclic) bond motifs is 1. The van der Waals surface area contributed by atoms with Crippen LogP contribution >= 0.6 is 11.8 Å². The van der Waals surface area contributed by atoms with Gasteiger partial charge in [0.1, 0.15) is 12.4 Å². The zero-order valence-electron chi connectivity index (χ0n) is 22.2. The minimum absolute atomic E-state index is 0.0736. The molecule has 0 saturated heterocycles. The van der Waals surface area contributed by atoms with Gasteiger partial charge >= 0.3 is 5.97 Å². The molecule has 0 spiro atoms. The van der Waals surface area contributed by atoms with E-state index in [1.54, 1.807) is 6.07 Å². The number of aliphatic carboxylic acids is 1. The van der Waals surface area contributed by atoms with Crippen LogP contribution in [-0.2, 0) is 19.4 Å². The van der Waals surface area contributed by atoms with Crippen LogP contribution in [0.4, 0.5) is 11.4 Å². The van der Waals surface area contributed by atoms with E-state index < -0.39 is 21.9 Å². The van der Waals surface area contributed by atoms with Gasteiger partial charge in [0.05, 0.1) is 21.2 Å². The van der Waals surface area contributed by atoms with Crippen LogP contribution in [0.2, 0.25) is 0 Å². The highest BCUT2D eigenvalue weighted by atomic mass is 32.2. The third-order valence-electron chi connectivity index (χ3n) is 7.00. The first-order valence-corrected chi connectivity index (χ1v) is 15.7. The Balaban J connectivity index is 2.18. The fraction of sp³-hybridized carbons (Fsp3) is 0.536. The van der Waals surface area contributed by atoms with E-state index in [0.29, 0.717) is 18.0 Å². The summed E-state index contributed by atoms with van der Waals surface area (Å²) >= 11 is 1.43. The Morgan fingerprint density at radius 2 is 1.78 bits per heavy atom. The summed E-state index contributed by atoms with van der Waals surface area (Å²) in [6.07, 6.45) is 6.37. The molecule has 0 amide bonds. The first-order valence-electron chi connectivity index (χ1n) is 12.9. The van der Waals surface area contributed by atoms with Crippen molar-refractivity contribution in [3.8, 4) is 5.75 Å². The molecule has 9 heteroatoms. The van der Waals surface area contributed by atoms with E-state index in [9.17, 15) is 18.3 Å². The molecule has 37 heavy (non-hydrogen) atoms. The highest BCUT2D eigenvalue weighted by Gasteiger charge is 2.42. The highest BCUT2D eigenvalue weighted by Crippen LogP contribution is 2.47. The van der Waals surface area contributed by atoms with Crippen molar-refractivity contribution in [2.24, 2.45) is 5.41 Å². The Morgan fingerprint density at radius 3 is 2.32 bits per heavy atom. The smallest absolute Gasteiger partial charge is 0.336 e. The van der Waals surface area contributed by atoms with Crippen molar-refractivity contribution in [2.45, 2.75) is 68.3 Å². The zero-order valence-corrected chi connectivity index (χ0v) is 23.9. The van der Waals surface area contributed by atoms with E-state index >= 15 is 0 Å². The van der Waals surface area contributed by atoms with Crippen LogP contribution in [0.3, 0.4) is 0 Å². The molecule has 3 rings (SSSR count). The molecule has 2 aromatic rings. The van der Waals surface area contributed by atoms with Gasteiger partial charge in [-0.25, -0.2) is 13.2 Å². The number of sulfone groups is 1. The molecule has 0 aromatic heterocycles. The number of benzene rings is 2. The topological polar surface area (TPSA) is 93.1 Å². The normalized spacial score (nSPS) is 17.0. The standard InChI is InChI=1S/C28H39NO6S2/c1-5-7-14-28(15-8-6-2)19-29(21-12-10-9-11-13-21)22-16-25(36-4)23(17-26(22)37(32,33)20-28)35-18-24(34-3)27(30)31/h9-13,16-17,24H,5-8,14-15,18-20H2,1-4H3,(H,30,31)/t24-/m1/s1. The van der Waals surface area contributed by atoms with Crippen LogP contribution in [0, 0.1) is 5.41 Å². The van der Waals surface area contributed by atoms with Crippen LogP contribution in [-0.4, -0.2) is 57.9 Å². The van der Waals surface area contributed by atoms with Gasteiger partial charge in [0, 0.05) is 30.8 Å². The number of ether oxygens (including phenoxy) is 2. The van der Waals surface area contributed by atoms with Crippen LogP contribution < -0.4 is 9.64 Å². The van der Waals surface area contributed by atoms with Crippen molar-refractivity contribution in [1.82, 2.24) is 0 Å². The molecule has 2 aromatic carbocycles. The molecule has 0 saturated carbocycles. The lowest BCUT2D eigenvalue weighted by molar-refractivity contribution is -0.150. The SMILES string of the molecule is CCCCC1(CCCC)CN(c2ccccc2)c2cc(SC)c(OC[C@@H](OC)C(=O)O)cc2S(=O)(=O)C1. The summed E-state index contributed by atoms with van der Waals surface area (Å²) in [5, 5.41) is 9.34. The number of methoxy groups -OCH3 is 1. The number of nitrogens with zero attached hydrogens (tertiary/aromatic N) is 1. The minimum atomic E-state index is -3.67. The summed E-state index contributed by atoms with van der Waals surface area (Å²) in [5.41, 5.74) is 1.20. The molecule has 1 heterocycles. The van der Waals surface area contributed by atoms with E-state index in [-0.39, 0.29) is 22.7 Å². The van der Waals surface area contributed by atoms with Crippen molar-refractivity contribution in [1.29, 1.82) is 0 Å². The van der Waals surface area contributed by atoms with Gasteiger partial charge < -0.3 is 19.5 Å². The quantitative estimate of drug-likeness (QED) is 0.296. The van der Waals surface area contributed by atoms with Crippen molar-refractivity contribution < 1.29 is 27.8 Å². The maximum Gasteiger partial charge on any atom is 0.336 e. The first-order chi connectivity index (χ1) is 17.7. The molecule has 0 aliphatic carbocycles. The number of carbonyl (C=O) groups is 1. The molecular formula is C28H39NO6S2. The second-order valence-corrected chi connectivity index (χ2v) is 12.5. The molecule has 1 atom stereocenters. The first kappa shape index (κ1) is 29.3. The van der Waals surface area contributed by atoms with E-state index in [1.807, 2.05) is 42.7 Å². The molecule has 7 nitrogen and oxygen atoms in total. The molecule has 1 aliphatic heterocycles. The lowest BCUT2D eigenvalue weighted by Gasteiger charge is -2.37. The number of carboxylic acid groups (broad SMARTS) is 1. The summed E-state index contributed by atoms with van der Waals surface area (Å²) in [5.74, 6) is -0.715. The van der Waals surface area contributed by atoms with Crippen LogP contribution in [0.1, 0.15) is 52.4 Å². The van der Waals surface area contributed by atoms with Crippen LogP contribution in [0.5, 0.6) is 5.75 Å². The fourth-order valence-electron chi connectivity index (χ4n) is 4.98. The van der Waals surface area contributed by atoms with Crippen molar-refractivity contribution in [2.75, 3.05) is 37.2 Å². The number of anilines is 2. The molecule has 0 radical (unpaired) electrons. The van der Waals surface area contributed by atoms with Gasteiger partial charge in [-0.3, -0.25) is 0 Å². The van der Waals surface area contributed by atoms with E-state index in [1.165, 1.54) is 18.9 Å². The van der Waals surface area contributed by atoms with Gasteiger partial charge in [-0.05, 0) is 37.3 Å². The number of hydrogen-bond donors (Lipinski definition) is 1. The maximum atomic E-state index is 14.1. The van der Waals surface area contributed by atoms with Gasteiger partial charge in [0.2, 0.25) is 0 Å². The second-order valence-electron chi connectivity index (χ2n) is 9.73. The third-order valence-corrected chi connectivity index (χ3v) is 9.75. The maximum absolute atomic E-state index is 14.1. The van der Waals surface area contributed by atoms with Gasteiger partial charge in [0.25, 0.3) is 0 Å². The predicted molar refractivity (Wildman–Crippen MR) is 149 cm³/mol. The zero-order chi connectivity index (χ0) is 27.1. The average molecular weight is 550 g/mol. The van der Waals surface area contributed by atoms with Crippen molar-refractivity contribution in [3.05, 3.63) is 42.5 Å². The number of thioether (sulfide) groups is 1. The summed E-state index contributed by atoms with van der Waals surface area (Å²) in [7, 11) is -2.37.